The largest absolute Gasteiger partial charge is 0.508 e. The van der Waals surface area contributed by atoms with Crippen molar-refractivity contribution in [2.75, 3.05) is 0 Å². The van der Waals surface area contributed by atoms with Crippen molar-refractivity contribution in [3.8, 4) is 11.8 Å². The Morgan fingerprint density at radius 2 is 2.21 bits per heavy atom. The predicted octanol–water partition coefficient (Wildman–Crippen LogP) is 1.70. The first-order valence-corrected chi connectivity index (χ1v) is 4.19. The summed E-state index contributed by atoms with van der Waals surface area (Å²) in [5, 5.41) is 26.8. The predicted molar refractivity (Wildman–Crippen MR) is 49.3 cm³/mol. The molecule has 1 rings (SSSR count). The zero-order chi connectivity index (χ0) is 10.7. The highest BCUT2D eigenvalue weighted by atomic mass is 35.5. The van der Waals surface area contributed by atoms with Gasteiger partial charge in [0, 0.05) is 5.56 Å². The minimum Gasteiger partial charge on any atom is -0.508 e. The summed E-state index contributed by atoms with van der Waals surface area (Å²) < 4.78 is 0. The van der Waals surface area contributed by atoms with Crippen molar-refractivity contribution in [3.05, 3.63) is 28.8 Å². The molecule has 1 aromatic carbocycles. The standard InChI is InChI=1S/C9H6ClNO3/c10-3-6-7(4-11)5(9(13)14)1-2-8(6)12/h1-2,12H,3H2,(H,13,14). The zero-order valence-electron chi connectivity index (χ0n) is 6.99. The van der Waals surface area contributed by atoms with Crippen LogP contribution in [0.3, 0.4) is 0 Å². The number of alkyl halides is 1. The van der Waals surface area contributed by atoms with Gasteiger partial charge in [-0.05, 0) is 12.1 Å². The van der Waals surface area contributed by atoms with Crippen LogP contribution in [-0.4, -0.2) is 16.2 Å². The Kier molecular flexibility index (Phi) is 2.95. The number of phenolic OH excluding ortho intramolecular Hbond substituents is 1. The summed E-state index contributed by atoms with van der Waals surface area (Å²) >= 11 is 5.49. The number of phenols is 1. The lowest BCUT2D eigenvalue weighted by atomic mass is 10.0. The maximum absolute atomic E-state index is 10.7. The van der Waals surface area contributed by atoms with Crippen LogP contribution in [0.4, 0.5) is 0 Å². The van der Waals surface area contributed by atoms with Gasteiger partial charge in [0.25, 0.3) is 0 Å². The Hall–Kier alpha value is -1.73. The highest BCUT2D eigenvalue weighted by Crippen LogP contribution is 2.25. The second-order valence-electron chi connectivity index (χ2n) is 2.54. The smallest absolute Gasteiger partial charge is 0.337 e. The first-order chi connectivity index (χ1) is 6.61. The quantitative estimate of drug-likeness (QED) is 0.730. The Bertz CT molecular complexity index is 423. The summed E-state index contributed by atoms with van der Waals surface area (Å²) in [4.78, 5) is 10.7. The highest BCUT2D eigenvalue weighted by Gasteiger charge is 2.16. The Morgan fingerprint density at radius 1 is 1.57 bits per heavy atom. The van der Waals surface area contributed by atoms with Gasteiger partial charge in [0.2, 0.25) is 0 Å². The number of aromatic carboxylic acids is 1. The van der Waals surface area contributed by atoms with Gasteiger partial charge in [0.1, 0.15) is 11.8 Å². The van der Waals surface area contributed by atoms with Gasteiger partial charge in [0.05, 0.1) is 17.0 Å². The molecule has 0 atom stereocenters. The molecular weight excluding hydrogens is 206 g/mol. The number of nitrogens with zero attached hydrogens (tertiary/aromatic N) is 1. The molecule has 2 N–H and O–H groups in total. The van der Waals surface area contributed by atoms with E-state index in [1.165, 1.54) is 12.1 Å². The molecule has 0 saturated carbocycles. The lowest BCUT2D eigenvalue weighted by molar-refractivity contribution is 0.0696. The number of aromatic hydroxyl groups is 1. The minimum absolute atomic E-state index is 0.0903. The minimum atomic E-state index is -1.21. The van der Waals surface area contributed by atoms with Crippen LogP contribution >= 0.6 is 11.6 Å². The van der Waals surface area contributed by atoms with E-state index in [1.807, 2.05) is 0 Å². The maximum atomic E-state index is 10.7. The van der Waals surface area contributed by atoms with Crippen LogP contribution in [-0.2, 0) is 5.88 Å². The molecule has 0 aliphatic rings. The number of carboxylic acids is 1. The number of carboxylic acid groups (broad SMARTS) is 1. The molecule has 0 aromatic heterocycles. The number of rotatable bonds is 2. The van der Waals surface area contributed by atoms with Crippen molar-refractivity contribution in [3.63, 3.8) is 0 Å². The van der Waals surface area contributed by atoms with Crippen LogP contribution in [0.2, 0.25) is 0 Å². The van der Waals surface area contributed by atoms with E-state index < -0.39 is 5.97 Å². The Balaban J connectivity index is 3.50. The average Bonchev–Trinajstić information content (AvgIpc) is 2.16. The summed E-state index contributed by atoms with van der Waals surface area (Å²) in [5.74, 6) is -1.48. The van der Waals surface area contributed by atoms with Crippen molar-refractivity contribution < 1.29 is 15.0 Å². The van der Waals surface area contributed by atoms with Gasteiger partial charge in [-0.3, -0.25) is 0 Å². The summed E-state index contributed by atoms with van der Waals surface area (Å²) in [6, 6.07) is 4.10. The fourth-order valence-corrected chi connectivity index (χ4v) is 1.35. The van der Waals surface area contributed by atoms with E-state index in [0.717, 1.165) is 0 Å². The topological polar surface area (TPSA) is 81.3 Å². The maximum Gasteiger partial charge on any atom is 0.337 e. The fourth-order valence-electron chi connectivity index (χ4n) is 1.08. The number of nitriles is 1. The number of hydrogen-bond donors (Lipinski definition) is 2. The van der Waals surface area contributed by atoms with Crippen molar-refractivity contribution in [1.29, 1.82) is 5.26 Å². The molecule has 0 radical (unpaired) electrons. The van der Waals surface area contributed by atoms with Crippen LogP contribution in [0.5, 0.6) is 5.75 Å². The molecule has 0 aliphatic carbocycles. The number of halogens is 1. The van der Waals surface area contributed by atoms with E-state index in [1.54, 1.807) is 6.07 Å². The van der Waals surface area contributed by atoms with Crippen molar-refractivity contribution in [2.45, 2.75) is 5.88 Å². The van der Waals surface area contributed by atoms with Gasteiger partial charge in [-0.15, -0.1) is 11.6 Å². The van der Waals surface area contributed by atoms with Gasteiger partial charge in [0.15, 0.2) is 0 Å². The third kappa shape index (κ3) is 1.63. The molecule has 72 valence electrons. The van der Waals surface area contributed by atoms with Crippen LogP contribution in [0.15, 0.2) is 12.1 Å². The van der Waals surface area contributed by atoms with E-state index in [-0.39, 0.29) is 28.3 Å². The monoisotopic (exact) mass is 211 g/mol. The first-order valence-electron chi connectivity index (χ1n) is 3.66. The van der Waals surface area contributed by atoms with Gasteiger partial charge in [-0.1, -0.05) is 0 Å². The SMILES string of the molecule is N#Cc1c(C(=O)O)ccc(O)c1CCl. The van der Waals surface area contributed by atoms with Crippen LogP contribution in [0.1, 0.15) is 21.5 Å². The van der Waals surface area contributed by atoms with Gasteiger partial charge in [-0.25, -0.2) is 4.79 Å². The number of carbonyl (C=O) groups is 1. The third-order valence-corrected chi connectivity index (χ3v) is 2.03. The molecule has 0 fully saturated rings. The first kappa shape index (κ1) is 10.4. The van der Waals surface area contributed by atoms with E-state index >= 15 is 0 Å². The lowest BCUT2D eigenvalue weighted by Crippen LogP contribution is -2.02. The molecule has 5 heteroatoms. The molecule has 14 heavy (non-hydrogen) atoms. The normalized spacial score (nSPS) is 9.43. The van der Waals surface area contributed by atoms with Crippen molar-refractivity contribution in [1.82, 2.24) is 0 Å². The summed E-state index contributed by atoms with van der Waals surface area (Å²) in [7, 11) is 0. The molecule has 0 spiro atoms. The van der Waals surface area contributed by atoms with Crippen LogP contribution < -0.4 is 0 Å². The zero-order valence-corrected chi connectivity index (χ0v) is 7.75. The Morgan fingerprint density at radius 3 is 2.64 bits per heavy atom. The summed E-state index contributed by atoms with van der Waals surface area (Å²) in [5.41, 5.74) is -0.0949. The van der Waals surface area contributed by atoms with Crippen LogP contribution in [0.25, 0.3) is 0 Å². The van der Waals surface area contributed by atoms with Crippen molar-refractivity contribution in [2.24, 2.45) is 0 Å². The number of hydrogen-bond acceptors (Lipinski definition) is 3. The molecule has 0 bridgehead atoms. The molecule has 0 heterocycles. The lowest BCUT2D eigenvalue weighted by Gasteiger charge is -2.05. The van der Waals surface area contributed by atoms with E-state index in [9.17, 15) is 9.90 Å². The van der Waals surface area contributed by atoms with Crippen molar-refractivity contribution >= 4 is 17.6 Å². The molecule has 0 amide bonds. The average molecular weight is 212 g/mol. The summed E-state index contributed by atoms with van der Waals surface area (Å²) in [6.45, 7) is 0. The number of benzene rings is 1. The third-order valence-electron chi connectivity index (χ3n) is 1.76. The molecule has 0 unspecified atom stereocenters. The fraction of sp³-hybridized carbons (Fsp3) is 0.111. The van der Waals surface area contributed by atoms with Gasteiger partial charge >= 0.3 is 5.97 Å². The van der Waals surface area contributed by atoms with Crippen LogP contribution in [0, 0.1) is 11.3 Å². The summed E-state index contributed by atoms with van der Waals surface area (Å²) in [6.07, 6.45) is 0. The van der Waals surface area contributed by atoms with E-state index in [4.69, 9.17) is 22.0 Å². The van der Waals surface area contributed by atoms with Gasteiger partial charge < -0.3 is 10.2 Å². The van der Waals surface area contributed by atoms with Gasteiger partial charge in [-0.2, -0.15) is 5.26 Å². The highest BCUT2D eigenvalue weighted by molar-refractivity contribution is 6.17. The molecule has 0 aliphatic heterocycles. The molecule has 4 nitrogen and oxygen atoms in total. The second kappa shape index (κ2) is 3.99. The van der Waals surface area contributed by atoms with E-state index in [0.29, 0.717) is 0 Å². The van der Waals surface area contributed by atoms with E-state index in [2.05, 4.69) is 0 Å². The molecule has 0 saturated heterocycles. The molecule has 1 aromatic rings. The second-order valence-corrected chi connectivity index (χ2v) is 2.80. The molecular formula is C9H6ClNO3. The Labute approximate surface area is 85.0 Å².